The number of amides is 1. The molecule has 31 heavy (non-hydrogen) atoms. The van der Waals surface area contributed by atoms with Gasteiger partial charge in [-0.15, -0.1) is 0 Å². The zero-order valence-corrected chi connectivity index (χ0v) is 17.7. The minimum absolute atomic E-state index is 0.0731. The van der Waals surface area contributed by atoms with Crippen molar-refractivity contribution in [1.29, 1.82) is 0 Å². The molecule has 0 unspecified atom stereocenters. The predicted molar refractivity (Wildman–Crippen MR) is 118 cm³/mol. The van der Waals surface area contributed by atoms with Gasteiger partial charge in [0.05, 0.1) is 11.3 Å². The minimum atomic E-state index is -0.472. The first-order valence-electron chi connectivity index (χ1n) is 9.38. The van der Waals surface area contributed by atoms with Crippen molar-refractivity contribution in [3.05, 3.63) is 81.4 Å². The van der Waals surface area contributed by atoms with Gasteiger partial charge in [0.25, 0.3) is 5.56 Å². The third-order valence-electron chi connectivity index (χ3n) is 4.42. The predicted octanol–water partition coefficient (Wildman–Crippen LogP) is 3.33. The van der Waals surface area contributed by atoms with Gasteiger partial charge in [-0.2, -0.15) is 0 Å². The van der Waals surface area contributed by atoms with E-state index < -0.39 is 5.82 Å². The van der Waals surface area contributed by atoms with E-state index in [-0.39, 0.29) is 28.6 Å². The Morgan fingerprint density at radius 3 is 2.71 bits per heavy atom. The molecule has 0 bridgehead atoms. The number of hydrogen-bond donors (Lipinski definition) is 2. The van der Waals surface area contributed by atoms with E-state index >= 15 is 0 Å². The standard InChI is InChI=1S/C21H17ClFN5O2S/c22-14-7-5-13(6-8-14)9-10-24-19(30)12-31-21-26-20(15-3-1-2-4-16(15)23)25-17-11-18(29)27-28(17)21/h1-8,11H,9-10,12H2,(H,24,30)(H,27,29). The first-order valence-corrected chi connectivity index (χ1v) is 10.7. The summed E-state index contributed by atoms with van der Waals surface area (Å²) in [5.41, 5.74) is 1.21. The number of carbonyl (C=O) groups is 1. The quantitative estimate of drug-likeness (QED) is 0.415. The van der Waals surface area contributed by atoms with Gasteiger partial charge in [-0.1, -0.05) is 47.6 Å². The molecule has 0 saturated carbocycles. The Hall–Kier alpha value is -3.17. The van der Waals surface area contributed by atoms with Crippen LogP contribution >= 0.6 is 23.4 Å². The van der Waals surface area contributed by atoms with E-state index in [1.807, 2.05) is 12.1 Å². The number of halogens is 2. The van der Waals surface area contributed by atoms with Crippen LogP contribution in [-0.4, -0.2) is 37.8 Å². The fourth-order valence-corrected chi connectivity index (χ4v) is 3.83. The fraction of sp³-hybridized carbons (Fsp3) is 0.143. The Morgan fingerprint density at radius 2 is 1.94 bits per heavy atom. The molecule has 158 valence electrons. The number of rotatable bonds is 7. The highest BCUT2D eigenvalue weighted by Crippen LogP contribution is 2.23. The summed E-state index contributed by atoms with van der Waals surface area (Å²) in [4.78, 5) is 32.7. The number of fused-ring (bicyclic) bond motifs is 1. The topological polar surface area (TPSA) is 92.2 Å². The summed E-state index contributed by atoms with van der Waals surface area (Å²) in [6, 6.07) is 14.8. The molecule has 1 amide bonds. The Bertz CT molecular complexity index is 1290. The average molecular weight is 458 g/mol. The SMILES string of the molecule is O=C(CSc1nc(-c2ccccc2F)nc2cc(=O)[nH]n12)NCCc1ccc(Cl)cc1. The number of nitrogens with one attached hydrogen (secondary N) is 2. The molecule has 0 aliphatic rings. The van der Waals surface area contributed by atoms with Crippen LogP contribution in [0.3, 0.4) is 0 Å². The molecule has 0 aliphatic carbocycles. The number of nitrogens with zero attached hydrogens (tertiary/aromatic N) is 3. The fourth-order valence-electron chi connectivity index (χ4n) is 2.92. The van der Waals surface area contributed by atoms with Crippen LogP contribution in [0.5, 0.6) is 0 Å². The largest absolute Gasteiger partial charge is 0.355 e. The van der Waals surface area contributed by atoms with E-state index in [4.69, 9.17) is 11.6 Å². The number of aromatic nitrogens is 4. The lowest BCUT2D eigenvalue weighted by Crippen LogP contribution is -2.27. The van der Waals surface area contributed by atoms with Crippen LogP contribution in [0.1, 0.15) is 5.56 Å². The lowest BCUT2D eigenvalue weighted by molar-refractivity contribution is -0.118. The van der Waals surface area contributed by atoms with Gasteiger partial charge < -0.3 is 5.32 Å². The zero-order chi connectivity index (χ0) is 21.8. The van der Waals surface area contributed by atoms with Gasteiger partial charge in [0, 0.05) is 17.6 Å². The summed E-state index contributed by atoms with van der Waals surface area (Å²) in [5, 5.41) is 6.44. The van der Waals surface area contributed by atoms with Crippen molar-refractivity contribution in [2.24, 2.45) is 0 Å². The molecule has 4 rings (SSSR count). The van der Waals surface area contributed by atoms with Crippen molar-refractivity contribution in [1.82, 2.24) is 24.9 Å². The molecule has 0 aliphatic heterocycles. The summed E-state index contributed by atoms with van der Waals surface area (Å²) in [7, 11) is 0. The summed E-state index contributed by atoms with van der Waals surface area (Å²) in [6.07, 6.45) is 0.674. The van der Waals surface area contributed by atoms with Crippen molar-refractivity contribution in [3.63, 3.8) is 0 Å². The van der Waals surface area contributed by atoms with E-state index in [0.29, 0.717) is 28.8 Å². The molecule has 0 radical (unpaired) electrons. The van der Waals surface area contributed by atoms with Gasteiger partial charge in [0.1, 0.15) is 5.82 Å². The zero-order valence-electron chi connectivity index (χ0n) is 16.1. The minimum Gasteiger partial charge on any atom is -0.355 e. The molecule has 0 spiro atoms. The van der Waals surface area contributed by atoms with Gasteiger partial charge in [-0.25, -0.2) is 18.9 Å². The Kier molecular flexibility index (Phi) is 6.34. The molecule has 2 aromatic heterocycles. The van der Waals surface area contributed by atoms with Crippen LogP contribution in [0.2, 0.25) is 5.02 Å². The highest BCUT2D eigenvalue weighted by molar-refractivity contribution is 7.99. The monoisotopic (exact) mass is 457 g/mol. The van der Waals surface area contributed by atoms with Crippen molar-refractivity contribution in [3.8, 4) is 11.4 Å². The lowest BCUT2D eigenvalue weighted by Gasteiger charge is -2.08. The van der Waals surface area contributed by atoms with Crippen LogP contribution in [0.25, 0.3) is 17.0 Å². The number of carbonyl (C=O) groups excluding carboxylic acids is 1. The molecule has 0 saturated heterocycles. The highest BCUT2D eigenvalue weighted by atomic mass is 35.5. The Morgan fingerprint density at radius 1 is 1.16 bits per heavy atom. The summed E-state index contributed by atoms with van der Waals surface area (Å²) in [6.45, 7) is 0.473. The third-order valence-corrected chi connectivity index (χ3v) is 5.61. The molecule has 2 heterocycles. The van der Waals surface area contributed by atoms with Crippen LogP contribution in [0.4, 0.5) is 4.39 Å². The molecule has 0 fully saturated rings. The molecular formula is C21H17ClFN5O2S. The van der Waals surface area contributed by atoms with E-state index in [1.165, 1.54) is 16.6 Å². The second kappa shape index (κ2) is 9.32. The first-order chi connectivity index (χ1) is 15.0. The van der Waals surface area contributed by atoms with Crippen molar-refractivity contribution in [2.75, 3.05) is 12.3 Å². The van der Waals surface area contributed by atoms with E-state index in [9.17, 15) is 14.0 Å². The molecule has 2 N–H and O–H groups in total. The number of benzene rings is 2. The molecule has 2 aromatic carbocycles. The number of H-pyrrole nitrogens is 1. The van der Waals surface area contributed by atoms with Crippen LogP contribution in [-0.2, 0) is 11.2 Å². The number of aromatic amines is 1. The van der Waals surface area contributed by atoms with Gasteiger partial charge in [0.15, 0.2) is 16.6 Å². The van der Waals surface area contributed by atoms with Gasteiger partial charge >= 0.3 is 0 Å². The number of thioether (sulfide) groups is 1. The van der Waals surface area contributed by atoms with Crippen LogP contribution < -0.4 is 10.9 Å². The van der Waals surface area contributed by atoms with Crippen LogP contribution in [0.15, 0.2) is 64.5 Å². The van der Waals surface area contributed by atoms with Gasteiger partial charge in [-0.05, 0) is 36.2 Å². The molecule has 0 atom stereocenters. The van der Waals surface area contributed by atoms with Gasteiger partial charge in [-0.3, -0.25) is 14.7 Å². The molecular weight excluding hydrogens is 441 g/mol. The highest BCUT2D eigenvalue weighted by Gasteiger charge is 2.15. The molecule has 10 heteroatoms. The average Bonchev–Trinajstić information content (AvgIpc) is 3.14. The number of hydrogen-bond acceptors (Lipinski definition) is 5. The molecule has 4 aromatic rings. The van der Waals surface area contributed by atoms with E-state index in [0.717, 1.165) is 17.3 Å². The maximum absolute atomic E-state index is 14.2. The summed E-state index contributed by atoms with van der Waals surface area (Å²) < 4.78 is 15.6. The summed E-state index contributed by atoms with van der Waals surface area (Å²) in [5.74, 6) is -0.444. The van der Waals surface area contributed by atoms with Crippen molar-refractivity contribution < 1.29 is 9.18 Å². The maximum atomic E-state index is 14.2. The second-order valence-corrected chi connectivity index (χ2v) is 8.02. The molecule has 7 nitrogen and oxygen atoms in total. The van der Waals surface area contributed by atoms with Gasteiger partial charge in [0.2, 0.25) is 5.91 Å². The Balaban J connectivity index is 1.46. The lowest BCUT2D eigenvalue weighted by atomic mass is 10.1. The third kappa shape index (κ3) is 5.12. The van der Waals surface area contributed by atoms with Crippen molar-refractivity contribution in [2.45, 2.75) is 11.6 Å². The normalized spacial score (nSPS) is 11.0. The first kappa shape index (κ1) is 21.1. The van der Waals surface area contributed by atoms with Crippen LogP contribution in [0, 0.1) is 5.82 Å². The van der Waals surface area contributed by atoms with E-state index in [1.54, 1.807) is 30.3 Å². The smallest absolute Gasteiger partial charge is 0.266 e. The summed E-state index contributed by atoms with van der Waals surface area (Å²) >= 11 is 6.99. The van der Waals surface area contributed by atoms with E-state index in [2.05, 4.69) is 20.4 Å². The second-order valence-electron chi connectivity index (χ2n) is 6.64. The van der Waals surface area contributed by atoms with Crippen molar-refractivity contribution >= 4 is 34.9 Å². The maximum Gasteiger partial charge on any atom is 0.266 e. The Labute approximate surface area is 185 Å².